The number of ether oxygens (including phenoxy) is 1. The number of hydrogen-bond donors (Lipinski definition) is 1. The van der Waals surface area contributed by atoms with Gasteiger partial charge in [-0.25, -0.2) is 9.37 Å². The summed E-state index contributed by atoms with van der Waals surface area (Å²) in [5.41, 5.74) is 2.77. The van der Waals surface area contributed by atoms with E-state index in [1.807, 2.05) is 46.9 Å². The fourth-order valence-corrected chi connectivity index (χ4v) is 5.00. The molecule has 2 aliphatic heterocycles. The van der Waals surface area contributed by atoms with Crippen LogP contribution in [-0.4, -0.2) is 51.6 Å². The van der Waals surface area contributed by atoms with Crippen LogP contribution in [0.15, 0.2) is 65.6 Å². The maximum atomic E-state index is 13.6. The molecule has 7 nitrogen and oxygen atoms in total. The van der Waals surface area contributed by atoms with Gasteiger partial charge in [0.15, 0.2) is 5.54 Å². The van der Waals surface area contributed by atoms with Crippen molar-refractivity contribution >= 4 is 17.8 Å². The van der Waals surface area contributed by atoms with E-state index >= 15 is 0 Å². The maximum absolute atomic E-state index is 13.6. The number of halogens is 1. The van der Waals surface area contributed by atoms with Gasteiger partial charge < -0.3 is 19.3 Å². The molecule has 0 spiro atoms. The van der Waals surface area contributed by atoms with Crippen molar-refractivity contribution in [1.29, 1.82) is 0 Å². The lowest BCUT2D eigenvalue weighted by Crippen LogP contribution is -2.55. The average molecular weight is 475 g/mol. The van der Waals surface area contributed by atoms with E-state index in [9.17, 15) is 14.3 Å². The van der Waals surface area contributed by atoms with Crippen LogP contribution < -0.4 is 4.74 Å². The number of imidazole rings is 1. The summed E-state index contributed by atoms with van der Waals surface area (Å²) in [7, 11) is 1.63. The average Bonchev–Trinajstić information content (AvgIpc) is 3.40. The number of aryl methyl sites for hydroxylation is 1. The summed E-state index contributed by atoms with van der Waals surface area (Å²) < 4.78 is 21.1. The summed E-state index contributed by atoms with van der Waals surface area (Å²) in [6.45, 7) is 4.14. The number of amidine groups is 1. The third kappa shape index (κ3) is 3.83. The van der Waals surface area contributed by atoms with Crippen LogP contribution in [0.4, 0.5) is 4.39 Å². The van der Waals surface area contributed by atoms with Gasteiger partial charge in [-0.15, -0.1) is 0 Å². The molecule has 0 bridgehead atoms. The number of aromatic nitrogens is 2. The highest BCUT2D eigenvalue weighted by Gasteiger charge is 2.53. The van der Waals surface area contributed by atoms with E-state index in [2.05, 4.69) is 16.9 Å². The predicted octanol–water partition coefficient (Wildman–Crippen LogP) is 3.88. The minimum atomic E-state index is -1.35. The van der Waals surface area contributed by atoms with Crippen LogP contribution in [0.5, 0.6) is 5.75 Å². The zero-order valence-corrected chi connectivity index (χ0v) is 19.9. The van der Waals surface area contributed by atoms with Gasteiger partial charge in [-0.05, 0) is 66.3 Å². The largest absolute Gasteiger partial charge is 0.495 e. The van der Waals surface area contributed by atoms with E-state index < -0.39 is 23.9 Å². The number of amides is 1. The van der Waals surface area contributed by atoms with Crippen molar-refractivity contribution in [3.8, 4) is 11.4 Å². The van der Waals surface area contributed by atoms with Crippen LogP contribution in [0.1, 0.15) is 30.2 Å². The van der Waals surface area contributed by atoms with E-state index in [0.717, 1.165) is 28.9 Å². The lowest BCUT2D eigenvalue weighted by Gasteiger charge is -2.42. The molecule has 1 fully saturated rings. The summed E-state index contributed by atoms with van der Waals surface area (Å²) >= 11 is 0. The summed E-state index contributed by atoms with van der Waals surface area (Å²) in [6, 6.07) is 11.6. The van der Waals surface area contributed by atoms with Gasteiger partial charge in [0, 0.05) is 12.7 Å². The second kappa shape index (κ2) is 8.78. The number of methoxy groups -OCH3 is 1. The second-order valence-corrected chi connectivity index (χ2v) is 9.21. The van der Waals surface area contributed by atoms with E-state index in [1.165, 1.54) is 12.1 Å². The summed E-state index contributed by atoms with van der Waals surface area (Å²) in [6.07, 6.45) is 6.42. The van der Waals surface area contributed by atoms with Crippen molar-refractivity contribution in [2.45, 2.75) is 25.8 Å². The van der Waals surface area contributed by atoms with Gasteiger partial charge in [-0.2, -0.15) is 4.99 Å². The Balaban J connectivity index is 1.54. The molecule has 3 aromatic rings. The number of carbonyl (C=O) groups is 1. The van der Waals surface area contributed by atoms with E-state index in [1.54, 1.807) is 25.6 Å². The summed E-state index contributed by atoms with van der Waals surface area (Å²) in [5.74, 6) is 0.625. The van der Waals surface area contributed by atoms with Crippen molar-refractivity contribution in [2.24, 2.45) is 10.9 Å². The number of benzene rings is 2. The fourth-order valence-electron chi connectivity index (χ4n) is 5.00. The molecular formula is C27H27FN4O3. The zero-order chi connectivity index (χ0) is 24.7. The van der Waals surface area contributed by atoms with Gasteiger partial charge in [0.1, 0.15) is 17.4 Å². The monoisotopic (exact) mass is 474 g/mol. The van der Waals surface area contributed by atoms with Crippen LogP contribution in [0, 0.1) is 18.7 Å². The van der Waals surface area contributed by atoms with E-state index in [4.69, 9.17) is 4.74 Å². The third-order valence-electron chi connectivity index (χ3n) is 6.71. The summed E-state index contributed by atoms with van der Waals surface area (Å²) in [4.78, 5) is 23.8. The van der Waals surface area contributed by atoms with Gasteiger partial charge in [0.25, 0.3) is 5.91 Å². The molecular weight excluding hydrogens is 447 g/mol. The van der Waals surface area contributed by atoms with Gasteiger partial charge in [0.2, 0.25) is 0 Å². The molecule has 2 unspecified atom stereocenters. The number of aliphatic hydroxyl groups excluding tert-OH is 1. The minimum Gasteiger partial charge on any atom is -0.495 e. The Kier molecular flexibility index (Phi) is 5.76. The lowest BCUT2D eigenvalue weighted by atomic mass is 9.84. The minimum absolute atomic E-state index is 0.215. The molecule has 0 radical (unpaired) electrons. The van der Waals surface area contributed by atoms with Gasteiger partial charge in [0.05, 0.1) is 31.4 Å². The van der Waals surface area contributed by atoms with Gasteiger partial charge >= 0.3 is 0 Å². The van der Waals surface area contributed by atoms with Crippen molar-refractivity contribution in [2.75, 3.05) is 20.3 Å². The highest BCUT2D eigenvalue weighted by Crippen LogP contribution is 2.41. The Bertz CT molecular complexity index is 1340. The fraction of sp³-hybridized carbons (Fsp3) is 0.296. The van der Waals surface area contributed by atoms with E-state index in [-0.39, 0.29) is 5.92 Å². The molecule has 1 amide bonds. The van der Waals surface area contributed by atoms with Gasteiger partial charge in [-0.3, -0.25) is 4.79 Å². The Morgan fingerprint density at radius 3 is 2.69 bits per heavy atom. The first kappa shape index (κ1) is 23.0. The Morgan fingerprint density at radius 2 is 2.03 bits per heavy atom. The molecule has 3 heterocycles. The first-order valence-electron chi connectivity index (χ1n) is 11.5. The first-order valence-corrected chi connectivity index (χ1v) is 11.5. The Morgan fingerprint density at radius 1 is 1.26 bits per heavy atom. The normalized spacial score (nSPS) is 22.9. The zero-order valence-electron chi connectivity index (χ0n) is 19.9. The molecule has 35 heavy (non-hydrogen) atoms. The maximum Gasteiger partial charge on any atom is 0.280 e. The molecule has 5 rings (SSSR count). The van der Waals surface area contributed by atoms with Crippen LogP contribution in [0.25, 0.3) is 11.8 Å². The Labute approximate surface area is 203 Å². The van der Waals surface area contributed by atoms with Gasteiger partial charge in [-0.1, -0.05) is 25.1 Å². The molecule has 2 aliphatic rings. The predicted molar refractivity (Wildman–Crippen MR) is 131 cm³/mol. The van der Waals surface area contributed by atoms with Crippen LogP contribution in [0.3, 0.4) is 0 Å². The van der Waals surface area contributed by atoms with Crippen LogP contribution in [0.2, 0.25) is 0 Å². The van der Waals surface area contributed by atoms with Crippen LogP contribution in [-0.2, 0) is 10.3 Å². The number of nitrogens with zero attached hydrogens (tertiary/aromatic N) is 4. The lowest BCUT2D eigenvalue weighted by molar-refractivity contribution is -0.128. The standard InChI is InChI=1S/C27H27FN4O3/c1-17-10-20(11-19-4-9-23(24(12-19)35-3)31-14-18(2)29-16-31)25-30-26(34)27(15-33,32(25)13-17)21-5-7-22(28)8-6-21/h4-9,11-12,14,16-17,33H,10,13,15H2,1-3H3/b20-11-. The SMILES string of the molecule is COc1cc(/C=C2/CC(C)CN3C2=NC(=O)C3(CO)c2ccc(F)cc2)ccc1-n1cnc(C)c1. The number of aliphatic imine (C=N–C) groups is 1. The highest BCUT2D eigenvalue weighted by molar-refractivity contribution is 6.15. The molecule has 1 aromatic heterocycles. The highest BCUT2D eigenvalue weighted by atomic mass is 19.1. The molecule has 0 saturated carbocycles. The third-order valence-corrected chi connectivity index (χ3v) is 6.71. The number of rotatable bonds is 5. The van der Waals surface area contributed by atoms with E-state index in [0.29, 0.717) is 23.7 Å². The van der Waals surface area contributed by atoms with Crippen molar-refractivity contribution < 1.29 is 19.0 Å². The summed E-state index contributed by atoms with van der Waals surface area (Å²) in [5, 5.41) is 10.4. The van der Waals surface area contributed by atoms with Crippen molar-refractivity contribution in [1.82, 2.24) is 14.5 Å². The quantitative estimate of drug-likeness (QED) is 0.607. The first-order chi connectivity index (χ1) is 16.8. The molecule has 1 saturated heterocycles. The number of fused-ring (bicyclic) bond motifs is 1. The topological polar surface area (TPSA) is 80.0 Å². The number of carbonyl (C=O) groups excluding carboxylic acids is 1. The molecule has 2 atom stereocenters. The van der Waals surface area contributed by atoms with Crippen molar-refractivity contribution in [3.63, 3.8) is 0 Å². The van der Waals surface area contributed by atoms with Crippen molar-refractivity contribution in [3.05, 3.63) is 83.2 Å². The smallest absolute Gasteiger partial charge is 0.280 e. The number of piperidine rings is 1. The Hall–Kier alpha value is -3.78. The molecule has 180 valence electrons. The molecule has 1 N–H and O–H groups in total. The molecule has 0 aliphatic carbocycles. The molecule has 8 heteroatoms. The molecule has 2 aromatic carbocycles. The second-order valence-electron chi connectivity index (χ2n) is 9.21. The number of aliphatic hydroxyl groups is 1. The van der Waals surface area contributed by atoms with Crippen LogP contribution >= 0.6 is 0 Å². The number of hydrogen-bond acceptors (Lipinski definition) is 5.